The molecule has 0 aliphatic heterocycles. The molecule has 0 amide bonds. The maximum absolute atomic E-state index is 13.7. The molecule has 0 spiro atoms. The van der Waals surface area contributed by atoms with Crippen LogP contribution in [0.4, 0.5) is 0 Å². The lowest BCUT2D eigenvalue weighted by Crippen LogP contribution is -2.20. The quantitative estimate of drug-likeness (QED) is 0.115. The number of H-pyrrole nitrogens is 4. The molecule has 0 aliphatic carbocycles. The van der Waals surface area contributed by atoms with Crippen LogP contribution in [0.5, 0.6) is 5.75 Å². The van der Waals surface area contributed by atoms with Crippen molar-refractivity contribution in [3.63, 3.8) is 0 Å². The van der Waals surface area contributed by atoms with Gasteiger partial charge in [-0.05, 0) is 100.0 Å². The van der Waals surface area contributed by atoms with Gasteiger partial charge in [-0.15, -0.1) is 0 Å². The predicted molar refractivity (Wildman–Crippen MR) is 197 cm³/mol. The smallest absolute Gasteiger partial charge is 0.268 e. The highest BCUT2D eigenvalue weighted by atomic mass is 127. The molecule has 0 saturated carbocycles. The van der Waals surface area contributed by atoms with Crippen molar-refractivity contribution in [3.05, 3.63) is 150 Å². The van der Waals surface area contributed by atoms with Gasteiger partial charge in [0.15, 0.2) is 0 Å². The van der Waals surface area contributed by atoms with Crippen LogP contribution in [0.15, 0.2) is 88.5 Å². The summed E-state index contributed by atoms with van der Waals surface area (Å²) < 4.78 is 7.89. The van der Waals surface area contributed by atoms with Crippen LogP contribution in [0.1, 0.15) is 39.3 Å². The standard InChI is InChI=1S/C34H26Cl2I2N4O3/c1-17-3-7-19(8-4-17)30-28(33(43)41-39-30)27(29-31(40-42-34(29)44)20-9-5-18(2)6-10-20)22-13-25(37)32(26(38)14-22)45-16-21-11-12-23(35)15-24(21)36/h3-15,27H,16H2,1-2H3,(H2,39,41,43)(H2,40,42,44). The molecule has 2 heterocycles. The molecule has 4 N–H and O–H groups in total. The second-order valence-electron chi connectivity index (χ2n) is 10.7. The summed E-state index contributed by atoms with van der Waals surface area (Å²) in [6.45, 7) is 4.26. The van der Waals surface area contributed by atoms with E-state index < -0.39 is 5.92 Å². The monoisotopic (exact) mass is 862 g/mol. The van der Waals surface area contributed by atoms with Gasteiger partial charge < -0.3 is 4.74 Å². The number of halogens is 4. The van der Waals surface area contributed by atoms with E-state index in [-0.39, 0.29) is 17.7 Å². The highest BCUT2D eigenvalue weighted by Crippen LogP contribution is 2.41. The second kappa shape index (κ2) is 13.2. The SMILES string of the molecule is Cc1ccc(-c2[nH][nH]c(=O)c2C(c2cc(I)c(OCc3ccc(Cl)cc3Cl)c(I)c2)c2c(-c3ccc(C)cc3)[nH][nH]c2=O)cc1. The number of rotatable bonds is 8. The van der Waals surface area contributed by atoms with E-state index in [1.54, 1.807) is 12.1 Å². The number of aromatic nitrogens is 4. The topological polar surface area (TPSA) is 107 Å². The molecule has 11 heteroatoms. The number of ether oxygens (including phenoxy) is 1. The third-order valence-electron chi connectivity index (χ3n) is 7.63. The van der Waals surface area contributed by atoms with E-state index in [9.17, 15) is 9.59 Å². The maximum Gasteiger partial charge on any atom is 0.268 e. The Morgan fingerprint density at radius 1 is 0.689 bits per heavy atom. The van der Waals surface area contributed by atoms with Gasteiger partial charge in [-0.2, -0.15) is 0 Å². The van der Waals surface area contributed by atoms with Gasteiger partial charge in [0.25, 0.3) is 11.1 Å². The van der Waals surface area contributed by atoms with Gasteiger partial charge in [0.05, 0.1) is 29.7 Å². The number of hydrogen-bond acceptors (Lipinski definition) is 3. The van der Waals surface area contributed by atoms with Crippen LogP contribution in [0.2, 0.25) is 10.0 Å². The molecule has 0 radical (unpaired) electrons. The third kappa shape index (κ3) is 6.53. The molecule has 0 fully saturated rings. The average Bonchev–Trinajstić information content (AvgIpc) is 3.57. The minimum absolute atomic E-state index is 0.245. The summed E-state index contributed by atoms with van der Waals surface area (Å²) in [7, 11) is 0. The number of nitrogens with one attached hydrogen (secondary N) is 4. The Balaban J connectivity index is 1.52. The van der Waals surface area contributed by atoms with E-state index in [0.717, 1.165) is 40.5 Å². The molecule has 7 nitrogen and oxygen atoms in total. The molecule has 45 heavy (non-hydrogen) atoms. The Bertz CT molecular complexity index is 2010. The van der Waals surface area contributed by atoms with Crippen LogP contribution in [0.25, 0.3) is 22.5 Å². The van der Waals surface area contributed by atoms with Gasteiger partial charge in [-0.1, -0.05) is 88.9 Å². The normalized spacial score (nSPS) is 11.4. The lowest BCUT2D eigenvalue weighted by Gasteiger charge is -2.20. The van der Waals surface area contributed by atoms with Gasteiger partial charge in [-0.3, -0.25) is 30.0 Å². The Kier molecular flexibility index (Phi) is 9.32. The molecular formula is C34H26Cl2I2N4O3. The summed E-state index contributed by atoms with van der Waals surface area (Å²) in [4.78, 5) is 27.4. The van der Waals surface area contributed by atoms with Gasteiger partial charge in [0.1, 0.15) is 12.4 Å². The summed E-state index contributed by atoms with van der Waals surface area (Å²) in [5, 5.41) is 12.8. The number of hydrogen-bond donors (Lipinski definition) is 4. The Morgan fingerprint density at radius 3 is 1.64 bits per heavy atom. The van der Waals surface area contributed by atoms with Crippen molar-refractivity contribution in [2.24, 2.45) is 0 Å². The van der Waals surface area contributed by atoms with Gasteiger partial charge in [-0.25, -0.2) is 0 Å². The van der Waals surface area contributed by atoms with Crippen LogP contribution in [-0.4, -0.2) is 20.4 Å². The van der Waals surface area contributed by atoms with Crippen molar-refractivity contribution < 1.29 is 4.74 Å². The Hall–Kier alpha value is -3.26. The predicted octanol–water partition coefficient (Wildman–Crippen LogP) is 8.95. The Morgan fingerprint density at radius 2 is 1.18 bits per heavy atom. The van der Waals surface area contributed by atoms with E-state index in [4.69, 9.17) is 27.9 Å². The van der Waals surface area contributed by atoms with E-state index in [0.29, 0.717) is 38.3 Å². The van der Waals surface area contributed by atoms with Crippen LogP contribution in [-0.2, 0) is 6.61 Å². The molecule has 6 aromatic rings. The summed E-state index contributed by atoms with van der Waals surface area (Å²) in [5.41, 5.74) is 6.88. The van der Waals surface area contributed by atoms with E-state index in [1.165, 1.54) is 0 Å². The van der Waals surface area contributed by atoms with Crippen molar-refractivity contribution in [2.75, 3.05) is 0 Å². The zero-order valence-corrected chi connectivity index (χ0v) is 29.9. The maximum atomic E-state index is 13.7. The fraction of sp³-hybridized carbons (Fsp3) is 0.118. The highest BCUT2D eigenvalue weighted by molar-refractivity contribution is 14.1. The van der Waals surface area contributed by atoms with E-state index in [1.807, 2.05) is 80.6 Å². The van der Waals surface area contributed by atoms with Crippen molar-refractivity contribution in [2.45, 2.75) is 26.4 Å². The fourth-order valence-electron chi connectivity index (χ4n) is 5.33. The van der Waals surface area contributed by atoms with E-state index in [2.05, 4.69) is 65.6 Å². The molecule has 4 aromatic carbocycles. The Labute approximate surface area is 296 Å². The van der Waals surface area contributed by atoms with Crippen LogP contribution in [0.3, 0.4) is 0 Å². The molecule has 0 bridgehead atoms. The van der Waals surface area contributed by atoms with Gasteiger partial charge in [0, 0.05) is 21.5 Å². The van der Waals surface area contributed by atoms with Crippen molar-refractivity contribution >= 4 is 68.4 Å². The van der Waals surface area contributed by atoms with Gasteiger partial charge in [0.2, 0.25) is 0 Å². The minimum Gasteiger partial charge on any atom is -0.487 e. The lowest BCUT2D eigenvalue weighted by molar-refractivity contribution is 0.301. The largest absolute Gasteiger partial charge is 0.487 e. The average molecular weight is 863 g/mol. The molecule has 0 atom stereocenters. The van der Waals surface area contributed by atoms with Crippen LogP contribution in [0, 0.1) is 21.0 Å². The minimum atomic E-state index is -0.732. The van der Waals surface area contributed by atoms with Crippen molar-refractivity contribution in [1.29, 1.82) is 0 Å². The zero-order valence-electron chi connectivity index (χ0n) is 24.0. The zero-order chi connectivity index (χ0) is 31.8. The lowest BCUT2D eigenvalue weighted by atomic mass is 9.83. The summed E-state index contributed by atoms with van der Waals surface area (Å²) in [6, 6.07) is 25.0. The molecule has 0 saturated heterocycles. The van der Waals surface area contributed by atoms with Crippen molar-refractivity contribution in [3.8, 4) is 28.3 Å². The first kappa shape index (κ1) is 31.7. The van der Waals surface area contributed by atoms with Crippen LogP contribution < -0.4 is 15.9 Å². The fourth-order valence-corrected chi connectivity index (χ4v) is 7.92. The first-order chi connectivity index (χ1) is 21.6. The highest BCUT2D eigenvalue weighted by Gasteiger charge is 2.32. The molecule has 6 rings (SSSR count). The van der Waals surface area contributed by atoms with Crippen LogP contribution >= 0.6 is 68.4 Å². The number of aromatic amines is 4. The first-order valence-electron chi connectivity index (χ1n) is 13.9. The molecule has 228 valence electrons. The molecule has 0 unspecified atom stereocenters. The van der Waals surface area contributed by atoms with Crippen molar-refractivity contribution in [1.82, 2.24) is 20.4 Å². The summed E-state index contributed by atoms with van der Waals surface area (Å²) in [5.74, 6) is -0.0578. The molecule has 0 aliphatic rings. The van der Waals surface area contributed by atoms with Gasteiger partial charge >= 0.3 is 0 Å². The summed E-state index contributed by atoms with van der Waals surface area (Å²) in [6.07, 6.45) is 0. The number of aryl methyl sites for hydroxylation is 2. The summed E-state index contributed by atoms with van der Waals surface area (Å²) >= 11 is 16.9. The number of benzene rings is 4. The molecule has 2 aromatic heterocycles. The molecular weight excluding hydrogens is 837 g/mol. The first-order valence-corrected chi connectivity index (χ1v) is 16.8. The third-order valence-corrected chi connectivity index (χ3v) is 9.82. The second-order valence-corrected chi connectivity index (χ2v) is 13.9. The van der Waals surface area contributed by atoms with E-state index >= 15 is 0 Å².